The van der Waals surface area contributed by atoms with E-state index in [9.17, 15) is 0 Å². The molecule has 0 aliphatic carbocycles. The average molecular weight is 190 g/mol. The van der Waals surface area contributed by atoms with Crippen LogP contribution in [0.15, 0.2) is 0 Å². The molecule has 13 heavy (non-hydrogen) atoms. The van der Waals surface area contributed by atoms with Crippen molar-refractivity contribution in [2.75, 3.05) is 13.2 Å². The average Bonchev–Trinajstić information content (AvgIpc) is 2.89. The van der Waals surface area contributed by atoms with Gasteiger partial charge in [0, 0.05) is 0 Å². The number of ether oxygens (including phenoxy) is 2. The summed E-state index contributed by atoms with van der Waals surface area (Å²) in [6.07, 6.45) is 2.62. The summed E-state index contributed by atoms with van der Waals surface area (Å²) >= 11 is 0. The highest BCUT2D eigenvalue weighted by atomic mass is 16.8. The zero-order valence-corrected chi connectivity index (χ0v) is 7.98. The van der Waals surface area contributed by atoms with Crippen LogP contribution in [0.5, 0.6) is 0 Å². The summed E-state index contributed by atoms with van der Waals surface area (Å²) in [6, 6.07) is 0. The zero-order chi connectivity index (χ0) is 9.68. The van der Waals surface area contributed by atoms with E-state index in [1.807, 2.05) is 0 Å². The Labute approximate surface area is 78.5 Å². The number of unbranched alkanes of at least 4 members (excludes halogenated alkanes) is 1. The van der Waals surface area contributed by atoms with Crippen LogP contribution in [0.25, 0.3) is 0 Å². The van der Waals surface area contributed by atoms with Crippen LogP contribution in [0.3, 0.4) is 0 Å². The molecule has 1 rings (SSSR count). The molecule has 0 bridgehead atoms. The molecule has 0 saturated carbocycles. The summed E-state index contributed by atoms with van der Waals surface area (Å²) in [5, 5.41) is 17.5. The molecule has 0 radical (unpaired) electrons. The van der Waals surface area contributed by atoms with Crippen molar-refractivity contribution < 1.29 is 19.7 Å². The number of hydrogen-bond donors (Lipinski definition) is 2. The van der Waals surface area contributed by atoms with Gasteiger partial charge in [0.1, 0.15) is 12.2 Å². The first-order valence-electron chi connectivity index (χ1n) is 4.84. The van der Waals surface area contributed by atoms with Crippen molar-refractivity contribution in [1.82, 2.24) is 0 Å². The fourth-order valence-corrected chi connectivity index (χ4v) is 1.14. The Kier molecular flexibility index (Phi) is 4.66. The molecule has 1 fully saturated rings. The van der Waals surface area contributed by atoms with E-state index in [4.69, 9.17) is 19.7 Å². The molecule has 3 unspecified atom stereocenters. The molecule has 4 heteroatoms. The number of rotatable bonds is 7. The third-order valence-electron chi connectivity index (χ3n) is 2.04. The molecule has 78 valence electrons. The van der Waals surface area contributed by atoms with Gasteiger partial charge in [-0.05, 0) is 6.42 Å². The van der Waals surface area contributed by atoms with Crippen LogP contribution in [-0.4, -0.2) is 41.9 Å². The van der Waals surface area contributed by atoms with Crippen molar-refractivity contribution in [2.24, 2.45) is 0 Å². The summed E-state index contributed by atoms with van der Waals surface area (Å²) in [5.74, 6) is 0. The molecule has 0 aromatic heterocycles. The molecule has 0 aromatic carbocycles. The van der Waals surface area contributed by atoms with E-state index in [1.165, 1.54) is 0 Å². The van der Waals surface area contributed by atoms with E-state index >= 15 is 0 Å². The highest BCUT2D eigenvalue weighted by Gasteiger charge is 2.39. The quantitative estimate of drug-likeness (QED) is 0.566. The highest BCUT2D eigenvalue weighted by Crippen LogP contribution is 2.27. The Bertz CT molecular complexity index is 140. The topological polar surface area (TPSA) is 62.2 Å². The molecule has 1 heterocycles. The SMILES string of the molecule is CCCCC1OC1OCC(O)CO. The molecule has 0 amide bonds. The molecule has 1 aliphatic rings. The molecule has 1 saturated heterocycles. The molecule has 0 spiro atoms. The van der Waals surface area contributed by atoms with Crippen LogP contribution in [-0.2, 0) is 9.47 Å². The van der Waals surface area contributed by atoms with E-state index in [1.54, 1.807) is 0 Å². The Morgan fingerprint density at radius 2 is 2.31 bits per heavy atom. The number of epoxide rings is 1. The molecule has 4 nitrogen and oxygen atoms in total. The number of aliphatic hydroxyl groups is 2. The fourth-order valence-electron chi connectivity index (χ4n) is 1.14. The predicted octanol–water partition coefficient (Wildman–Crippen LogP) is 0.271. The van der Waals surface area contributed by atoms with Crippen molar-refractivity contribution in [1.29, 1.82) is 0 Å². The normalized spacial score (nSPS) is 28.8. The van der Waals surface area contributed by atoms with Gasteiger partial charge in [-0.25, -0.2) is 0 Å². The van der Waals surface area contributed by atoms with E-state index in [2.05, 4.69) is 6.92 Å². The highest BCUT2D eigenvalue weighted by molar-refractivity contribution is 4.76. The minimum atomic E-state index is -0.781. The van der Waals surface area contributed by atoms with Gasteiger partial charge in [-0.15, -0.1) is 0 Å². The Morgan fingerprint density at radius 3 is 2.92 bits per heavy atom. The lowest BCUT2D eigenvalue weighted by molar-refractivity contribution is -0.0275. The van der Waals surface area contributed by atoms with Crippen molar-refractivity contribution in [2.45, 2.75) is 44.7 Å². The lowest BCUT2D eigenvalue weighted by atomic mass is 10.2. The van der Waals surface area contributed by atoms with Crippen molar-refractivity contribution >= 4 is 0 Å². The van der Waals surface area contributed by atoms with E-state index in [-0.39, 0.29) is 25.6 Å². The molecular weight excluding hydrogens is 172 g/mol. The second-order valence-electron chi connectivity index (χ2n) is 3.35. The van der Waals surface area contributed by atoms with Gasteiger partial charge < -0.3 is 19.7 Å². The summed E-state index contributed by atoms with van der Waals surface area (Å²) in [6.45, 7) is 2.03. The minimum absolute atomic E-state index is 0.146. The van der Waals surface area contributed by atoms with Gasteiger partial charge in [0.15, 0.2) is 6.29 Å². The fraction of sp³-hybridized carbons (Fsp3) is 1.00. The lowest BCUT2D eigenvalue weighted by Crippen LogP contribution is -2.20. The van der Waals surface area contributed by atoms with E-state index in [0.717, 1.165) is 19.3 Å². The van der Waals surface area contributed by atoms with Crippen molar-refractivity contribution in [3.05, 3.63) is 0 Å². The molecule has 0 aromatic rings. The third kappa shape index (κ3) is 4.04. The Morgan fingerprint density at radius 1 is 1.54 bits per heavy atom. The maximum absolute atomic E-state index is 8.97. The maximum Gasteiger partial charge on any atom is 0.184 e. The first kappa shape index (κ1) is 10.9. The molecule has 3 atom stereocenters. The van der Waals surface area contributed by atoms with Gasteiger partial charge in [-0.1, -0.05) is 19.8 Å². The summed E-state index contributed by atoms with van der Waals surface area (Å²) in [7, 11) is 0. The van der Waals surface area contributed by atoms with Gasteiger partial charge in [0.05, 0.1) is 13.2 Å². The number of hydrogen-bond acceptors (Lipinski definition) is 4. The second-order valence-corrected chi connectivity index (χ2v) is 3.35. The van der Waals surface area contributed by atoms with Crippen LogP contribution in [0.2, 0.25) is 0 Å². The third-order valence-corrected chi connectivity index (χ3v) is 2.04. The van der Waals surface area contributed by atoms with Gasteiger partial charge in [-0.3, -0.25) is 0 Å². The summed E-state index contributed by atoms with van der Waals surface area (Å²) in [5.41, 5.74) is 0. The van der Waals surface area contributed by atoms with Crippen LogP contribution < -0.4 is 0 Å². The maximum atomic E-state index is 8.97. The van der Waals surface area contributed by atoms with Gasteiger partial charge >= 0.3 is 0 Å². The zero-order valence-electron chi connectivity index (χ0n) is 7.98. The van der Waals surface area contributed by atoms with Gasteiger partial charge in [0.25, 0.3) is 0 Å². The Hall–Kier alpha value is -0.160. The van der Waals surface area contributed by atoms with E-state index in [0.29, 0.717) is 0 Å². The van der Waals surface area contributed by atoms with Crippen LogP contribution in [0.4, 0.5) is 0 Å². The first-order valence-corrected chi connectivity index (χ1v) is 4.84. The summed E-state index contributed by atoms with van der Waals surface area (Å²) in [4.78, 5) is 0. The lowest BCUT2D eigenvalue weighted by Gasteiger charge is -2.05. The molecular formula is C9H18O4. The van der Waals surface area contributed by atoms with Crippen LogP contribution >= 0.6 is 0 Å². The van der Waals surface area contributed by atoms with Gasteiger partial charge in [-0.2, -0.15) is 0 Å². The van der Waals surface area contributed by atoms with Gasteiger partial charge in [0.2, 0.25) is 0 Å². The van der Waals surface area contributed by atoms with Crippen molar-refractivity contribution in [3.63, 3.8) is 0 Å². The standard InChI is InChI=1S/C9H18O4/c1-2-3-4-8-9(13-8)12-6-7(11)5-10/h7-11H,2-6H2,1H3. The summed E-state index contributed by atoms with van der Waals surface area (Å²) < 4.78 is 10.4. The smallest absolute Gasteiger partial charge is 0.184 e. The first-order chi connectivity index (χ1) is 6.27. The molecule has 2 N–H and O–H groups in total. The van der Waals surface area contributed by atoms with Crippen LogP contribution in [0, 0.1) is 0 Å². The van der Waals surface area contributed by atoms with E-state index < -0.39 is 6.10 Å². The van der Waals surface area contributed by atoms with Crippen LogP contribution in [0.1, 0.15) is 26.2 Å². The predicted molar refractivity (Wildman–Crippen MR) is 47.2 cm³/mol. The largest absolute Gasteiger partial charge is 0.394 e. The Balaban J connectivity index is 1.94. The molecule has 1 aliphatic heterocycles. The second kappa shape index (κ2) is 5.54. The van der Waals surface area contributed by atoms with Crippen molar-refractivity contribution in [3.8, 4) is 0 Å². The minimum Gasteiger partial charge on any atom is -0.394 e. The monoisotopic (exact) mass is 190 g/mol. The number of aliphatic hydroxyl groups excluding tert-OH is 2.